The van der Waals surface area contributed by atoms with Gasteiger partial charge in [-0.25, -0.2) is 12.8 Å². The van der Waals surface area contributed by atoms with E-state index in [9.17, 15) is 12.8 Å². The van der Waals surface area contributed by atoms with Crippen molar-refractivity contribution in [3.63, 3.8) is 0 Å². The fourth-order valence-electron chi connectivity index (χ4n) is 1.50. The Labute approximate surface area is 95.4 Å². The van der Waals surface area contributed by atoms with E-state index in [1.165, 1.54) is 12.1 Å². The third-order valence-electron chi connectivity index (χ3n) is 2.07. The summed E-state index contributed by atoms with van der Waals surface area (Å²) in [7, 11) is -3.17. The number of sulfone groups is 1. The van der Waals surface area contributed by atoms with Crippen LogP contribution in [0.2, 0.25) is 0 Å². The van der Waals surface area contributed by atoms with Crippen LogP contribution in [0.4, 0.5) is 10.1 Å². The zero-order chi connectivity index (χ0) is 12.3. The number of nitrogen functional groups attached to an aromatic ring is 1. The molecule has 16 heavy (non-hydrogen) atoms. The minimum atomic E-state index is -3.17. The lowest BCUT2D eigenvalue weighted by Gasteiger charge is -2.09. The predicted molar refractivity (Wildman–Crippen MR) is 63.1 cm³/mol. The third-order valence-corrected chi connectivity index (χ3v) is 4.00. The van der Waals surface area contributed by atoms with Crippen LogP contribution in [-0.4, -0.2) is 14.2 Å². The van der Waals surface area contributed by atoms with Gasteiger partial charge >= 0.3 is 0 Å². The number of rotatable bonds is 4. The summed E-state index contributed by atoms with van der Waals surface area (Å²) in [6.45, 7) is 3.68. The summed E-state index contributed by atoms with van der Waals surface area (Å²) in [6.07, 6.45) is 0. The van der Waals surface area contributed by atoms with Gasteiger partial charge in [-0.05, 0) is 23.6 Å². The standard InChI is InChI=1S/C11H16FNO2S/c1-8(2)6-16(14,15)7-9-3-4-10(12)5-11(9)13/h3-5,8H,6-7,13H2,1-2H3. The van der Waals surface area contributed by atoms with Crippen molar-refractivity contribution in [2.24, 2.45) is 5.92 Å². The van der Waals surface area contributed by atoms with Gasteiger partial charge in [0.25, 0.3) is 0 Å². The first-order valence-electron chi connectivity index (χ1n) is 5.04. The molecule has 0 heterocycles. The molecule has 3 nitrogen and oxygen atoms in total. The number of benzene rings is 1. The molecule has 0 saturated heterocycles. The van der Waals surface area contributed by atoms with Crippen molar-refractivity contribution < 1.29 is 12.8 Å². The van der Waals surface area contributed by atoms with Gasteiger partial charge in [0.05, 0.1) is 11.5 Å². The van der Waals surface area contributed by atoms with Crippen LogP contribution in [-0.2, 0) is 15.6 Å². The zero-order valence-electron chi connectivity index (χ0n) is 9.40. The van der Waals surface area contributed by atoms with Crippen LogP contribution in [0.3, 0.4) is 0 Å². The van der Waals surface area contributed by atoms with Crippen LogP contribution in [0.15, 0.2) is 18.2 Å². The minimum Gasteiger partial charge on any atom is -0.398 e. The van der Waals surface area contributed by atoms with Gasteiger partial charge in [0.2, 0.25) is 0 Å². The van der Waals surface area contributed by atoms with E-state index in [1.54, 1.807) is 0 Å². The van der Waals surface area contributed by atoms with Crippen molar-refractivity contribution in [3.8, 4) is 0 Å². The lowest BCUT2D eigenvalue weighted by Crippen LogP contribution is -2.14. The molecular weight excluding hydrogens is 229 g/mol. The highest BCUT2D eigenvalue weighted by Crippen LogP contribution is 2.17. The molecule has 1 aromatic rings. The maximum Gasteiger partial charge on any atom is 0.154 e. The summed E-state index contributed by atoms with van der Waals surface area (Å²) in [4.78, 5) is 0. The maximum absolute atomic E-state index is 12.8. The molecule has 2 N–H and O–H groups in total. The van der Waals surface area contributed by atoms with Crippen LogP contribution in [0.25, 0.3) is 0 Å². The molecule has 1 aromatic carbocycles. The first kappa shape index (κ1) is 13.0. The molecule has 90 valence electrons. The predicted octanol–water partition coefficient (Wildman–Crippen LogP) is 1.98. The Morgan fingerprint density at radius 2 is 2.00 bits per heavy atom. The van der Waals surface area contributed by atoms with Crippen molar-refractivity contribution in [2.75, 3.05) is 11.5 Å². The van der Waals surface area contributed by atoms with Crippen molar-refractivity contribution in [1.29, 1.82) is 0 Å². The lowest BCUT2D eigenvalue weighted by molar-refractivity contribution is 0.581. The van der Waals surface area contributed by atoms with Crippen LogP contribution in [0.1, 0.15) is 19.4 Å². The Bertz CT molecular complexity index is 469. The summed E-state index contributed by atoms with van der Waals surface area (Å²) >= 11 is 0. The molecule has 0 radical (unpaired) electrons. The third kappa shape index (κ3) is 3.81. The minimum absolute atomic E-state index is 0.0756. The van der Waals surface area contributed by atoms with Gasteiger partial charge in [0, 0.05) is 5.69 Å². The molecule has 0 amide bonds. The van der Waals surface area contributed by atoms with Crippen molar-refractivity contribution >= 4 is 15.5 Å². The second kappa shape index (κ2) is 4.82. The topological polar surface area (TPSA) is 60.2 Å². The Hall–Kier alpha value is -1.10. The molecule has 1 rings (SSSR count). The molecule has 0 aliphatic rings. The SMILES string of the molecule is CC(C)CS(=O)(=O)Cc1ccc(F)cc1N. The molecule has 0 atom stereocenters. The fraction of sp³-hybridized carbons (Fsp3) is 0.455. The second-order valence-corrected chi connectivity index (χ2v) is 6.40. The van der Waals surface area contributed by atoms with Gasteiger partial charge in [-0.1, -0.05) is 19.9 Å². The molecule has 0 bridgehead atoms. The van der Waals surface area contributed by atoms with E-state index >= 15 is 0 Å². The maximum atomic E-state index is 12.8. The lowest BCUT2D eigenvalue weighted by atomic mass is 10.2. The van der Waals surface area contributed by atoms with Gasteiger partial charge in [0.15, 0.2) is 9.84 Å². The first-order chi connectivity index (χ1) is 7.30. The molecular formula is C11H16FNO2S. The van der Waals surface area contributed by atoms with E-state index < -0.39 is 15.7 Å². The highest BCUT2D eigenvalue weighted by atomic mass is 32.2. The number of nitrogens with two attached hydrogens (primary N) is 1. The Morgan fingerprint density at radius 1 is 1.38 bits per heavy atom. The van der Waals surface area contributed by atoms with E-state index in [0.717, 1.165) is 6.07 Å². The Balaban J connectivity index is 2.88. The Morgan fingerprint density at radius 3 is 2.50 bits per heavy atom. The fourth-order valence-corrected chi connectivity index (χ4v) is 3.37. The van der Waals surface area contributed by atoms with Gasteiger partial charge < -0.3 is 5.73 Å². The molecule has 0 aliphatic heterocycles. The van der Waals surface area contributed by atoms with E-state index in [1.807, 2.05) is 13.8 Å². The van der Waals surface area contributed by atoms with Crippen molar-refractivity contribution in [1.82, 2.24) is 0 Å². The molecule has 0 aromatic heterocycles. The van der Waals surface area contributed by atoms with Gasteiger partial charge in [0.1, 0.15) is 5.82 Å². The molecule has 5 heteroatoms. The summed E-state index contributed by atoms with van der Waals surface area (Å²) in [5.41, 5.74) is 6.20. The monoisotopic (exact) mass is 245 g/mol. The van der Waals surface area contributed by atoms with Crippen LogP contribution >= 0.6 is 0 Å². The van der Waals surface area contributed by atoms with Gasteiger partial charge in [-0.2, -0.15) is 0 Å². The van der Waals surface area contributed by atoms with Crippen LogP contribution in [0.5, 0.6) is 0 Å². The number of anilines is 1. The largest absolute Gasteiger partial charge is 0.398 e. The molecule has 0 spiro atoms. The quantitative estimate of drug-likeness (QED) is 0.825. The molecule has 0 saturated carbocycles. The van der Waals surface area contributed by atoms with Crippen molar-refractivity contribution in [3.05, 3.63) is 29.6 Å². The average Bonchev–Trinajstić information content (AvgIpc) is 2.07. The molecule has 0 aliphatic carbocycles. The summed E-state index contributed by atoms with van der Waals surface area (Å²) in [5.74, 6) is -0.393. The smallest absolute Gasteiger partial charge is 0.154 e. The Kier molecular flexibility index (Phi) is 3.91. The van der Waals surface area contributed by atoms with E-state index in [4.69, 9.17) is 5.73 Å². The summed E-state index contributed by atoms with van der Waals surface area (Å²) < 4.78 is 36.2. The highest BCUT2D eigenvalue weighted by molar-refractivity contribution is 7.90. The first-order valence-corrected chi connectivity index (χ1v) is 6.86. The highest BCUT2D eigenvalue weighted by Gasteiger charge is 2.15. The summed E-state index contributed by atoms with van der Waals surface area (Å²) in [5, 5.41) is 0. The van der Waals surface area contributed by atoms with Crippen molar-refractivity contribution in [2.45, 2.75) is 19.6 Å². The molecule has 0 fully saturated rings. The normalized spacial score (nSPS) is 12.0. The second-order valence-electron chi connectivity index (χ2n) is 4.29. The number of halogens is 1. The number of hydrogen-bond donors (Lipinski definition) is 1. The number of hydrogen-bond acceptors (Lipinski definition) is 3. The van der Waals surface area contributed by atoms with E-state index in [0.29, 0.717) is 5.56 Å². The van der Waals surface area contributed by atoms with E-state index in [-0.39, 0.29) is 23.1 Å². The van der Waals surface area contributed by atoms with Crippen LogP contribution in [0, 0.1) is 11.7 Å². The average molecular weight is 245 g/mol. The van der Waals surface area contributed by atoms with E-state index in [2.05, 4.69) is 0 Å². The summed E-state index contributed by atoms with van der Waals surface area (Å²) in [6, 6.07) is 3.78. The zero-order valence-corrected chi connectivity index (χ0v) is 10.2. The van der Waals surface area contributed by atoms with Crippen LogP contribution < -0.4 is 5.73 Å². The van der Waals surface area contributed by atoms with Gasteiger partial charge in [-0.3, -0.25) is 0 Å². The molecule has 0 unspecified atom stereocenters. The van der Waals surface area contributed by atoms with Gasteiger partial charge in [-0.15, -0.1) is 0 Å².